The van der Waals surface area contributed by atoms with Crippen LogP contribution in [0.4, 0.5) is 0 Å². The first-order valence-corrected chi connectivity index (χ1v) is 11.3. The molecular formula is C27H29N3O. The minimum Gasteiger partial charge on any atom is -0.295 e. The van der Waals surface area contributed by atoms with Gasteiger partial charge in [-0.2, -0.15) is 0 Å². The highest BCUT2D eigenvalue weighted by atomic mass is 16.2. The summed E-state index contributed by atoms with van der Waals surface area (Å²) in [6.07, 6.45) is 7.09. The van der Waals surface area contributed by atoms with E-state index in [1.807, 2.05) is 23.2 Å². The van der Waals surface area contributed by atoms with Crippen LogP contribution in [0.3, 0.4) is 0 Å². The number of hydrogen-bond acceptors (Lipinski definition) is 3. The van der Waals surface area contributed by atoms with Crippen LogP contribution in [0, 0.1) is 0 Å². The Morgan fingerprint density at radius 1 is 0.839 bits per heavy atom. The Balaban J connectivity index is 1.42. The lowest BCUT2D eigenvalue weighted by Gasteiger charge is -2.28. The fraction of sp³-hybridized carbons (Fsp3) is 0.296. The van der Waals surface area contributed by atoms with Crippen LogP contribution in [0.2, 0.25) is 0 Å². The van der Waals surface area contributed by atoms with Gasteiger partial charge in [-0.1, -0.05) is 79.6 Å². The summed E-state index contributed by atoms with van der Waals surface area (Å²) < 4.78 is 0. The van der Waals surface area contributed by atoms with Crippen LogP contribution < -0.4 is 5.43 Å². The average molecular weight is 412 g/mol. The minimum atomic E-state index is -0.109. The normalized spacial score (nSPS) is 19.7. The number of carbonyl (C=O) groups is 1. The number of hydrazine groups is 1. The van der Waals surface area contributed by atoms with Gasteiger partial charge in [0.1, 0.15) is 0 Å². The van der Waals surface area contributed by atoms with Crippen molar-refractivity contribution in [2.24, 2.45) is 0 Å². The Labute approximate surface area is 184 Å². The first-order chi connectivity index (χ1) is 15.3. The number of carbonyl (C=O) groups excluding carboxylic acids is 1. The lowest BCUT2D eigenvalue weighted by atomic mass is 10.0. The number of benzene rings is 3. The van der Waals surface area contributed by atoms with Crippen molar-refractivity contribution in [3.05, 3.63) is 90.0 Å². The molecule has 0 saturated carbocycles. The van der Waals surface area contributed by atoms with E-state index in [9.17, 15) is 4.79 Å². The van der Waals surface area contributed by atoms with Gasteiger partial charge in [-0.25, -0.2) is 5.01 Å². The van der Waals surface area contributed by atoms with Crippen molar-refractivity contribution >= 4 is 22.4 Å². The summed E-state index contributed by atoms with van der Waals surface area (Å²) >= 11 is 0. The standard InChI is InChI=1S/C27H29N3O/c31-27(20-29-16-8-1-2-9-17-29)30-26(22-11-4-3-5-12-22)19-25(28-30)24-15-14-21-10-6-7-13-23(21)18-24/h3-7,10-15,18-19,26,28H,1-2,8-9,16-17,20H2/t26-/m1/s1. The predicted octanol–water partition coefficient (Wildman–Crippen LogP) is 5.14. The van der Waals surface area contributed by atoms with Crippen LogP contribution in [0.5, 0.6) is 0 Å². The SMILES string of the molecule is O=C(CN1CCCCCC1)N1NC(c2ccc3ccccc3c2)=C[C@@H]1c1ccccc1. The van der Waals surface area contributed by atoms with Gasteiger partial charge in [0.05, 0.1) is 18.3 Å². The Hall–Kier alpha value is -3.11. The van der Waals surface area contributed by atoms with E-state index in [1.165, 1.54) is 36.5 Å². The van der Waals surface area contributed by atoms with Gasteiger partial charge < -0.3 is 0 Å². The molecule has 1 N–H and O–H groups in total. The predicted molar refractivity (Wildman–Crippen MR) is 126 cm³/mol. The summed E-state index contributed by atoms with van der Waals surface area (Å²) in [4.78, 5) is 15.7. The molecule has 31 heavy (non-hydrogen) atoms. The highest BCUT2D eigenvalue weighted by molar-refractivity contribution is 5.88. The summed E-state index contributed by atoms with van der Waals surface area (Å²) in [6, 6.07) is 25.0. The van der Waals surface area contributed by atoms with Crippen LogP contribution in [0.25, 0.3) is 16.5 Å². The van der Waals surface area contributed by atoms with Crippen LogP contribution >= 0.6 is 0 Å². The second-order valence-corrected chi connectivity index (χ2v) is 8.56. The molecule has 3 aromatic rings. The van der Waals surface area contributed by atoms with E-state index in [-0.39, 0.29) is 11.9 Å². The molecule has 2 heterocycles. The smallest absolute Gasteiger partial charge is 0.255 e. The van der Waals surface area contributed by atoms with Crippen molar-refractivity contribution in [1.29, 1.82) is 0 Å². The fourth-order valence-electron chi connectivity index (χ4n) is 4.66. The van der Waals surface area contributed by atoms with Gasteiger partial charge in [-0.05, 0) is 60.0 Å². The zero-order valence-corrected chi connectivity index (χ0v) is 17.8. The maximum Gasteiger partial charge on any atom is 0.255 e. The van der Waals surface area contributed by atoms with Gasteiger partial charge >= 0.3 is 0 Å². The van der Waals surface area contributed by atoms with Gasteiger partial charge in [0.25, 0.3) is 5.91 Å². The number of amides is 1. The molecule has 1 atom stereocenters. The molecule has 5 rings (SSSR count). The van der Waals surface area contributed by atoms with Gasteiger partial charge in [-0.3, -0.25) is 15.1 Å². The lowest BCUT2D eigenvalue weighted by molar-refractivity contribution is -0.135. The third-order valence-electron chi connectivity index (χ3n) is 6.37. The average Bonchev–Trinajstić information content (AvgIpc) is 3.11. The second-order valence-electron chi connectivity index (χ2n) is 8.56. The van der Waals surface area contributed by atoms with E-state index >= 15 is 0 Å². The van der Waals surface area contributed by atoms with Gasteiger partial charge in [-0.15, -0.1) is 0 Å². The van der Waals surface area contributed by atoms with Crippen LogP contribution in [-0.4, -0.2) is 35.5 Å². The molecule has 0 aliphatic carbocycles. The fourth-order valence-corrected chi connectivity index (χ4v) is 4.66. The van der Waals surface area contributed by atoms with Gasteiger partial charge in [0, 0.05) is 0 Å². The molecular weight excluding hydrogens is 382 g/mol. The van der Waals surface area contributed by atoms with Crippen molar-refractivity contribution in [3.8, 4) is 0 Å². The minimum absolute atomic E-state index is 0.109. The molecule has 2 aliphatic heterocycles. The Morgan fingerprint density at radius 3 is 2.32 bits per heavy atom. The molecule has 0 unspecified atom stereocenters. The van der Waals surface area contributed by atoms with Crippen LogP contribution in [0.1, 0.15) is 42.9 Å². The molecule has 0 bridgehead atoms. The zero-order valence-electron chi connectivity index (χ0n) is 17.8. The monoisotopic (exact) mass is 411 g/mol. The lowest BCUT2D eigenvalue weighted by Crippen LogP contribution is -2.45. The van der Waals surface area contributed by atoms with Crippen molar-refractivity contribution in [2.45, 2.75) is 31.7 Å². The Bertz CT molecular complexity index is 1080. The van der Waals surface area contributed by atoms with Crippen LogP contribution in [-0.2, 0) is 4.79 Å². The maximum atomic E-state index is 13.4. The third-order valence-corrected chi connectivity index (χ3v) is 6.37. The summed E-state index contributed by atoms with van der Waals surface area (Å²) in [5.74, 6) is 0.128. The largest absolute Gasteiger partial charge is 0.295 e. The number of rotatable bonds is 4. The van der Waals surface area contributed by atoms with E-state index < -0.39 is 0 Å². The zero-order chi connectivity index (χ0) is 21.0. The topological polar surface area (TPSA) is 35.6 Å². The van der Waals surface area contributed by atoms with Crippen molar-refractivity contribution in [3.63, 3.8) is 0 Å². The summed E-state index contributed by atoms with van der Waals surface area (Å²) in [5, 5.41) is 4.25. The quantitative estimate of drug-likeness (QED) is 0.645. The first-order valence-electron chi connectivity index (χ1n) is 11.3. The third kappa shape index (κ3) is 4.35. The summed E-state index contributed by atoms with van der Waals surface area (Å²) in [6.45, 7) is 2.50. The number of nitrogens with one attached hydrogen (secondary N) is 1. The van der Waals surface area contributed by atoms with E-state index in [2.05, 4.69) is 71.0 Å². The highest BCUT2D eigenvalue weighted by Gasteiger charge is 2.31. The molecule has 2 aliphatic rings. The highest BCUT2D eigenvalue weighted by Crippen LogP contribution is 2.32. The summed E-state index contributed by atoms with van der Waals surface area (Å²) in [5.41, 5.74) is 6.66. The molecule has 4 heteroatoms. The molecule has 0 aromatic heterocycles. The first kappa shape index (κ1) is 19.8. The van der Waals surface area contributed by atoms with Crippen molar-refractivity contribution < 1.29 is 4.79 Å². The Kier molecular flexibility index (Phi) is 5.72. The van der Waals surface area contributed by atoms with E-state index in [0.717, 1.165) is 29.9 Å². The van der Waals surface area contributed by atoms with E-state index in [1.54, 1.807) is 0 Å². The molecule has 1 saturated heterocycles. The number of nitrogens with zero attached hydrogens (tertiary/aromatic N) is 2. The molecule has 4 nitrogen and oxygen atoms in total. The molecule has 0 spiro atoms. The molecule has 1 amide bonds. The maximum absolute atomic E-state index is 13.4. The second kappa shape index (κ2) is 8.94. The number of likely N-dealkylation sites (tertiary alicyclic amines) is 1. The molecule has 3 aromatic carbocycles. The molecule has 1 fully saturated rings. The van der Waals surface area contributed by atoms with Gasteiger partial charge in [0.2, 0.25) is 0 Å². The van der Waals surface area contributed by atoms with E-state index in [4.69, 9.17) is 0 Å². The van der Waals surface area contributed by atoms with Crippen molar-refractivity contribution in [2.75, 3.05) is 19.6 Å². The number of hydrogen-bond donors (Lipinski definition) is 1. The molecule has 158 valence electrons. The Morgan fingerprint density at radius 2 is 1.55 bits per heavy atom. The van der Waals surface area contributed by atoms with E-state index in [0.29, 0.717) is 6.54 Å². The number of fused-ring (bicyclic) bond motifs is 1. The molecule has 0 radical (unpaired) electrons. The van der Waals surface area contributed by atoms with Crippen molar-refractivity contribution in [1.82, 2.24) is 15.3 Å². The van der Waals surface area contributed by atoms with Crippen LogP contribution in [0.15, 0.2) is 78.9 Å². The summed E-state index contributed by atoms with van der Waals surface area (Å²) in [7, 11) is 0. The van der Waals surface area contributed by atoms with Gasteiger partial charge in [0.15, 0.2) is 0 Å².